The van der Waals surface area contributed by atoms with Crippen molar-refractivity contribution in [3.8, 4) is 0 Å². The van der Waals surface area contributed by atoms with Crippen molar-refractivity contribution in [2.24, 2.45) is 17.6 Å². The lowest BCUT2D eigenvalue weighted by Gasteiger charge is -2.29. The number of primary amides is 1. The van der Waals surface area contributed by atoms with Crippen LogP contribution in [0.4, 0.5) is 35.7 Å². The minimum Gasteiger partial charge on any atom is -0.445 e. The fraction of sp³-hybridized carbons (Fsp3) is 0.528. The predicted octanol–water partition coefficient (Wildman–Crippen LogP) is 4.11. The molecule has 0 saturated carbocycles. The van der Waals surface area contributed by atoms with Gasteiger partial charge in [-0.2, -0.15) is 0 Å². The van der Waals surface area contributed by atoms with Gasteiger partial charge in [0.1, 0.15) is 49.2 Å². The number of anilines is 3. The number of nitrogen functional groups attached to an aromatic ring is 1. The zero-order valence-electron chi connectivity index (χ0n) is 49.0. The second kappa shape index (κ2) is 30.5. The zero-order chi connectivity index (χ0) is 65.1. The molecule has 0 spiro atoms. The first kappa shape index (κ1) is 68.1. The molecule has 4 aliphatic heterocycles. The summed E-state index contributed by atoms with van der Waals surface area (Å²) < 4.78 is 89.0. The second-order valence-electron chi connectivity index (χ2n) is 21.8. The normalized spacial score (nSPS) is 25.7. The van der Waals surface area contributed by atoms with E-state index in [1.165, 1.54) is 40.3 Å². The summed E-state index contributed by atoms with van der Waals surface area (Å²) in [7, 11) is 0. The van der Waals surface area contributed by atoms with Crippen molar-refractivity contribution in [3.05, 3.63) is 67.3 Å². The number of thiol groups is 1. The van der Waals surface area contributed by atoms with E-state index in [0.29, 0.717) is 43.4 Å². The van der Waals surface area contributed by atoms with Gasteiger partial charge in [0.15, 0.2) is 59.0 Å². The number of Topliss-reactive ketones (excluding diaryl/α,β-unsaturated/α-hetero) is 1. The number of rotatable bonds is 26. The molecule has 3 saturated heterocycles. The molecule has 7 amide bonds. The molecule has 4 aromatic heterocycles. The van der Waals surface area contributed by atoms with Crippen LogP contribution >= 0.6 is 25.8 Å². The number of hydrogen-bond donors (Lipinski definition) is 9. The summed E-state index contributed by atoms with van der Waals surface area (Å²) in [5.74, 6) is -2.80. The molecule has 8 heterocycles. The number of fused-ring (bicyclic) bond motifs is 4. The lowest BCUT2D eigenvalue weighted by molar-refractivity contribution is -0.137. The predicted molar refractivity (Wildman–Crippen MR) is 325 cm³/mol. The Hall–Kier alpha value is -7.24. The number of carbonyl (C=O) groups excluding carboxylic acids is 7. The van der Waals surface area contributed by atoms with Crippen LogP contribution in [0.2, 0.25) is 0 Å². The fourth-order valence-electron chi connectivity index (χ4n) is 10.4. The Morgan fingerprint density at radius 3 is 2.11 bits per heavy atom. The number of unbranched alkanes of at least 4 members (excludes halogenated alkanes) is 2. The van der Waals surface area contributed by atoms with Gasteiger partial charge in [0.05, 0.1) is 31.9 Å². The Bertz CT molecular complexity index is 3600. The molecule has 4 aliphatic rings. The zero-order valence-corrected chi connectivity index (χ0v) is 52.5. The molecule has 1 aromatic carbocycles. The monoisotopic (exact) mass is 1350 g/mol. The largest absolute Gasteiger partial charge is 0.445 e. The van der Waals surface area contributed by atoms with Crippen molar-refractivity contribution < 1.29 is 84.1 Å². The molecule has 9 rings (SSSR count). The highest BCUT2D eigenvalue weighted by Crippen LogP contribution is 2.59. The summed E-state index contributed by atoms with van der Waals surface area (Å²) in [5, 5.41) is 13.9. The van der Waals surface area contributed by atoms with Crippen molar-refractivity contribution in [2.45, 2.75) is 127 Å². The van der Waals surface area contributed by atoms with Gasteiger partial charge < -0.3 is 61.7 Å². The number of ether oxygens (including phenoxy) is 3. The summed E-state index contributed by atoms with van der Waals surface area (Å²) in [5.41, 5.74) is 12.7. The number of hydrogen-bond acceptors (Lipinski definition) is 24. The van der Waals surface area contributed by atoms with E-state index >= 15 is 8.78 Å². The van der Waals surface area contributed by atoms with Gasteiger partial charge >= 0.3 is 25.6 Å². The minimum atomic E-state index is -4.52. The molecule has 0 bridgehead atoms. The van der Waals surface area contributed by atoms with Gasteiger partial charge in [0.25, 0.3) is 11.8 Å². The molecule has 3 fully saturated rings. The van der Waals surface area contributed by atoms with Crippen LogP contribution in [0.1, 0.15) is 83.2 Å². The third-order valence-corrected chi connectivity index (χ3v) is 18.2. The Balaban J connectivity index is 0.718. The van der Waals surface area contributed by atoms with Gasteiger partial charge in [-0.1, -0.05) is 44.6 Å². The maximum atomic E-state index is 16.7. The quantitative estimate of drug-likeness (QED) is 0.0163. The van der Waals surface area contributed by atoms with Crippen LogP contribution in [-0.2, 0) is 79.3 Å². The number of nitrogens with zero attached hydrogens (tertiary/aromatic N) is 9. The number of benzene rings is 1. The average Bonchev–Trinajstić information content (AvgIpc) is 1.65. The molecule has 5 aromatic rings. The smallest absolute Gasteiger partial charge is 0.407 e. The van der Waals surface area contributed by atoms with Crippen LogP contribution in [-0.4, -0.2) is 173 Å². The molecule has 91 heavy (non-hydrogen) atoms. The van der Waals surface area contributed by atoms with Gasteiger partial charge in [0, 0.05) is 62.8 Å². The van der Waals surface area contributed by atoms with Crippen LogP contribution in [0.5, 0.6) is 0 Å². The minimum absolute atomic E-state index is 0.0231. The summed E-state index contributed by atoms with van der Waals surface area (Å²) >= 11 is 9.34. The molecule has 0 aliphatic carbocycles. The third kappa shape index (κ3) is 17.5. The van der Waals surface area contributed by atoms with Crippen molar-refractivity contribution >= 4 is 119 Å². The molecule has 32 nitrogen and oxygen atoms in total. The highest BCUT2D eigenvalue weighted by Gasteiger charge is 2.54. The van der Waals surface area contributed by atoms with Crippen molar-refractivity contribution in [1.82, 2.24) is 59.9 Å². The van der Waals surface area contributed by atoms with Crippen LogP contribution in [0.25, 0.3) is 22.3 Å². The number of imidazole rings is 2. The molecule has 10 N–H and O–H groups in total. The topological polar surface area (TPSA) is 424 Å². The first-order valence-electron chi connectivity index (χ1n) is 28.9. The maximum Gasteiger partial charge on any atom is 0.407 e. The van der Waals surface area contributed by atoms with Crippen LogP contribution < -0.4 is 38.1 Å². The van der Waals surface area contributed by atoms with Crippen LogP contribution in [0.15, 0.2) is 61.7 Å². The van der Waals surface area contributed by atoms with Crippen molar-refractivity contribution in [2.75, 3.05) is 55.8 Å². The molecule has 2 unspecified atom stereocenters. The van der Waals surface area contributed by atoms with E-state index in [0.717, 1.165) is 11.2 Å². The number of halogens is 2. The number of alkyl halides is 2. The van der Waals surface area contributed by atoms with Gasteiger partial charge in [-0.05, 0) is 67.5 Å². The highest BCUT2D eigenvalue weighted by atomic mass is 32.7. The summed E-state index contributed by atoms with van der Waals surface area (Å²) in [6.07, 6.45) is -4.61. The Morgan fingerprint density at radius 1 is 0.813 bits per heavy atom. The average molecular weight is 1350 g/mol. The first-order valence-corrected chi connectivity index (χ1v) is 34.2. The SMILES string of the molecule is CC(C)[C@H](NC(=O)CCCCCN1C(=O)C=CC1=O)C(=O)C[C@@H](CCCNC(N)=O)C(=O)Nc1ccc(COC(=O)NCCCNc2ncnc3c2ncn3[C@@H]2O[C@@H]3COP(O)(=S)O[C@H]4[C@@H](F)[C@H](n5cnc6c(N)ncnc65)O[C@@H]4COP(=O)(S)O[C@H]3[C@H]2F)cc1. The van der Waals surface area contributed by atoms with Crippen molar-refractivity contribution in [1.29, 1.82) is 0 Å². The lowest BCUT2D eigenvalue weighted by Crippen LogP contribution is -2.45. The first-order chi connectivity index (χ1) is 43.5. The van der Waals surface area contributed by atoms with E-state index in [4.69, 9.17) is 55.6 Å². The molecule has 492 valence electrons. The van der Waals surface area contributed by atoms with Gasteiger partial charge in [0.2, 0.25) is 11.8 Å². The molecular weight excluding hydrogens is 1280 g/mol. The Labute approximate surface area is 528 Å². The van der Waals surface area contributed by atoms with E-state index in [9.17, 15) is 43.0 Å². The van der Waals surface area contributed by atoms with Crippen LogP contribution in [0, 0.1) is 11.8 Å². The number of carbonyl (C=O) groups is 7. The summed E-state index contributed by atoms with van der Waals surface area (Å²) in [4.78, 5) is 125. The number of nitrogens with one attached hydrogen (secondary N) is 5. The number of alkyl carbamates (subject to hydrolysis) is 1. The van der Waals surface area contributed by atoms with E-state index < -0.39 is 106 Å². The standard InChI is InChI=1S/C53H68F2N16O16P2S2/c1-28(2)40(68-35(73)9-4-3-5-19-69-36(74)14-15-37(69)75)32(72)20-30(8-6-16-59-52(57)77)49(76)67-31-12-10-29(11-13-31)21-81-53(78)60-18-7-17-58-46-42-48(64-25-62-46)71(27-66-42)51-39(55)44-34(85-51)23-83-88(79,90)86-43-33(22-82-89(80,91)87-44)84-50(38(43)54)70-26-65-41-45(56)61-24-63-47(41)70/h10-15,24-28,30,33-34,38-40,43-44,50-51H,3-9,16-23H2,1-2H3,(H,60,78)(H,67,76)(H,68,73)(H,79,90)(H,80,91)(H2,56,61,63)(H3,57,59,77)(H,58,62,64)/t30-,33-,34-,38-,39-,40+,43-,44-,50-,51-,88?,89?/m1/s1. The van der Waals surface area contributed by atoms with Gasteiger partial charge in [-0.25, -0.2) is 52.8 Å². The van der Waals surface area contributed by atoms with E-state index in [1.807, 2.05) is 0 Å². The summed E-state index contributed by atoms with van der Waals surface area (Å²) in [6.45, 7) is -6.04. The fourth-order valence-corrected chi connectivity index (χ4v) is 13.3. The second-order valence-corrected chi connectivity index (χ2v) is 27.5. The lowest BCUT2D eigenvalue weighted by atomic mass is 9.89. The summed E-state index contributed by atoms with van der Waals surface area (Å²) in [6, 6.07) is 4.86. The van der Waals surface area contributed by atoms with Gasteiger partial charge in [-0.3, -0.25) is 51.6 Å². The highest BCUT2D eigenvalue weighted by molar-refractivity contribution is 8.44. The van der Waals surface area contributed by atoms with Crippen LogP contribution in [0.3, 0.4) is 0 Å². The number of amides is 7. The Morgan fingerprint density at radius 2 is 1.44 bits per heavy atom. The number of aromatic nitrogens is 8. The molecule has 0 radical (unpaired) electrons. The van der Waals surface area contributed by atoms with E-state index in [1.54, 1.807) is 38.1 Å². The number of imide groups is 1. The van der Waals surface area contributed by atoms with Crippen molar-refractivity contribution in [3.63, 3.8) is 0 Å². The molecular formula is C53H68F2N16O16P2S2. The molecule has 12 atom stereocenters. The van der Waals surface area contributed by atoms with E-state index in [2.05, 4.69) is 68.7 Å². The van der Waals surface area contributed by atoms with E-state index in [-0.39, 0.29) is 115 Å². The maximum absolute atomic E-state index is 16.7. The van der Waals surface area contributed by atoms with Gasteiger partial charge in [-0.15, -0.1) is 0 Å². The Kier molecular flexibility index (Phi) is 22.8. The third-order valence-electron chi connectivity index (χ3n) is 15.0. The molecule has 38 heteroatoms. The number of nitrogens with two attached hydrogens (primary N) is 2. The number of ketones is 1. The number of urea groups is 1.